The van der Waals surface area contributed by atoms with E-state index in [0.717, 1.165) is 6.42 Å². The van der Waals surface area contributed by atoms with Crippen molar-refractivity contribution in [3.05, 3.63) is 29.7 Å². The Morgan fingerprint density at radius 1 is 1.53 bits per heavy atom. The van der Waals surface area contributed by atoms with Crippen molar-refractivity contribution in [1.82, 2.24) is 14.6 Å². The molecule has 0 bridgehead atoms. The van der Waals surface area contributed by atoms with Crippen LogP contribution < -0.4 is 0 Å². The predicted molar refractivity (Wildman–Crippen MR) is 53.7 cm³/mol. The molecule has 0 spiro atoms. The molecule has 2 aromatic rings. The lowest BCUT2D eigenvalue weighted by Crippen LogP contribution is -2.08. The maximum Gasteiger partial charge on any atom is 0.356 e. The van der Waals surface area contributed by atoms with Gasteiger partial charge in [0.2, 0.25) is 0 Å². The molecule has 2 aromatic heterocycles. The summed E-state index contributed by atoms with van der Waals surface area (Å²) < 4.78 is 6.16. The van der Waals surface area contributed by atoms with E-state index in [-0.39, 0.29) is 0 Å². The lowest BCUT2D eigenvalue weighted by atomic mass is 10.3. The van der Waals surface area contributed by atoms with Crippen LogP contribution in [-0.2, 0) is 11.2 Å². The van der Waals surface area contributed by atoms with Crippen LogP contribution in [0.15, 0.2) is 18.2 Å². The number of aromatic nitrogens is 3. The number of hydrogen-bond donors (Lipinski definition) is 0. The first-order chi connectivity index (χ1) is 7.26. The average molecular weight is 205 g/mol. The van der Waals surface area contributed by atoms with Crippen LogP contribution in [0.5, 0.6) is 0 Å². The molecule has 0 N–H and O–H groups in total. The highest BCUT2D eigenvalue weighted by Crippen LogP contribution is 2.07. The second kappa shape index (κ2) is 3.68. The molecule has 0 atom stereocenters. The molecule has 0 saturated carbocycles. The third-order valence-electron chi connectivity index (χ3n) is 2.11. The molecule has 0 unspecified atom stereocenters. The molecule has 0 fully saturated rings. The first kappa shape index (κ1) is 9.64. The van der Waals surface area contributed by atoms with Gasteiger partial charge in [0.15, 0.2) is 17.2 Å². The summed E-state index contributed by atoms with van der Waals surface area (Å²) in [6, 6.07) is 5.22. The molecule has 0 aliphatic rings. The smallest absolute Gasteiger partial charge is 0.356 e. The van der Waals surface area contributed by atoms with Crippen molar-refractivity contribution in [1.29, 1.82) is 0 Å². The summed E-state index contributed by atoms with van der Waals surface area (Å²) in [7, 11) is 1.35. The molecule has 0 aliphatic carbocycles. The fraction of sp³-hybridized carbons (Fsp3) is 0.300. The van der Waals surface area contributed by atoms with E-state index >= 15 is 0 Å². The molecule has 5 nitrogen and oxygen atoms in total. The number of ether oxygens (including phenoxy) is 1. The van der Waals surface area contributed by atoms with Gasteiger partial charge in [-0.05, 0) is 12.1 Å². The van der Waals surface area contributed by atoms with Crippen molar-refractivity contribution in [3.8, 4) is 0 Å². The van der Waals surface area contributed by atoms with E-state index in [4.69, 9.17) is 0 Å². The topological polar surface area (TPSA) is 56.5 Å². The first-order valence-corrected chi connectivity index (χ1v) is 4.69. The zero-order chi connectivity index (χ0) is 10.8. The second-order valence-corrected chi connectivity index (χ2v) is 3.05. The van der Waals surface area contributed by atoms with E-state index in [1.165, 1.54) is 11.6 Å². The molecule has 78 valence electrons. The van der Waals surface area contributed by atoms with Crippen LogP contribution in [0, 0.1) is 0 Å². The number of methoxy groups -OCH3 is 1. The highest BCUT2D eigenvalue weighted by molar-refractivity contribution is 5.88. The zero-order valence-electron chi connectivity index (χ0n) is 8.60. The molecule has 0 aromatic carbocycles. The molecular formula is C10H11N3O2. The van der Waals surface area contributed by atoms with Crippen LogP contribution in [-0.4, -0.2) is 27.7 Å². The minimum absolute atomic E-state index is 0.391. The molecule has 0 saturated heterocycles. The van der Waals surface area contributed by atoms with Gasteiger partial charge in [0.05, 0.1) is 7.11 Å². The minimum Gasteiger partial charge on any atom is -0.464 e. The van der Waals surface area contributed by atoms with E-state index in [0.29, 0.717) is 17.2 Å². The van der Waals surface area contributed by atoms with E-state index in [1.807, 2.05) is 6.92 Å². The lowest BCUT2D eigenvalue weighted by Gasteiger charge is -2.00. The summed E-state index contributed by atoms with van der Waals surface area (Å²) in [6.07, 6.45) is 0.738. The molecule has 2 rings (SSSR count). The van der Waals surface area contributed by atoms with Crippen LogP contribution in [0.2, 0.25) is 0 Å². The Bertz CT molecular complexity index is 504. The summed E-state index contributed by atoms with van der Waals surface area (Å²) in [5.41, 5.74) is 1.05. The van der Waals surface area contributed by atoms with Crippen LogP contribution in [0.3, 0.4) is 0 Å². The minimum atomic E-state index is -0.409. The Labute approximate surface area is 86.7 Å². The number of aryl methyl sites for hydroxylation is 1. The molecule has 0 aliphatic heterocycles. The molecule has 15 heavy (non-hydrogen) atoms. The number of fused-ring (bicyclic) bond motifs is 1. The fourth-order valence-electron chi connectivity index (χ4n) is 1.36. The van der Waals surface area contributed by atoms with Gasteiger partial charge >= 0.3 is 5.97 Å². The maximum absolute atomic E-state index is 11.4. The summed E-state index contributed by atoms with van der Waals surface area (Å²) in [4.78, 5) is 15.7. The Hall–Kier alpha value is -1.91. The van der Waals surface area contributed by atoms with E-state index in [1.54, 1.807) is 18.2 Å². The molecule has 2 heterocycles. The molecule has 5 heteroatoms. The van der Waals surface area contributed by atoms with Crippen molar-refractivity contribution in [3.63, 3.8) is 0 Å². The highest BCUT2D eigenvalue weighted by atomic mass is 16.5. The van der Waals surface area contributed by atoms with E-state index in [2.05, 4.69) is 14.8 Å². The fourth-order valence-corrected chi connectivity index (χ4v) is 1.36. The highest BCUT2D eigenvalue weighted by Gasteiger charge is 2.12. The van der Waals surface area contributed by atoms with Crippen molar-refractivity contribution in [2.75, 3.05) is 7.11 Å². The van der Waals surface area contributed by atoms with Crippen molar-refractivity contribution >= 4 is 11.6 Å². The Morgan fingerprint density at radius 3 is 3.00 bits per heavy atom. The Morgan fingerprint density at radius 2 is 2.33 bits per heavy atom. The van der Waals surface area contributed by atoms with E-state index in [9.17, 15) is 4.79 Å². The van der Waals surface area contributed by atoms with Gasteiger partial charge in [-0.15, -0.1) is 0 Å². The van der Waals surface area contributed by atoms with Gasteiger partial charge in [-0.2, -0.15) is 5.10 Å². The van der Waals surface area contributed by atoms with Crippen LogP contribution in [0.25, 0.3) is 5.65 Å². The number of carbonyl (C=O) groups excluding carboxylic acids is 1. The normalized spacial score (nSPS) is 10.5. The second-order valence-electron chi connectivity index (χ2n) is 3.05. The van der Waals surface area contributed by atoms with Gasteiger partial charge in [-0.25, -0.2) is 14.3 Å². The first-order valence-electron chi connectivity index (χ1n) is 4.69. The van der Waals surface area contributed by atoms with Crippen LogP contribution >= 0.6 is 0 Å². The van der Waals surface area contributed by atoms with Crippen molar-refractivity contribution in [2.24, 2.45) is 0 Å². The Balaban J connectivity index is 2.64. The third-order valence-corrected chi connectivity index (χ3v) is 2.11. The maximum atomic E-state index is 11.4. The van der Waals surface area contributed by atoms with Gasteiger partial charge in [0.1, 0.15) is 0 Å². The van der Waals surface area contributed by atoms with Crippen molar-refractivity contribution < 1.29 is 9.53 Å². The number of carbonyl (C=O) groups is 1. The Kier molecular flexibility index (Phi) is 2.37. The number of pyridine rings is 1. The zero-order valence-corrected chi connectivity index (χ0v) is 8.60. The van der Waals surface area contributed by atoms with Gasteiger partial charge in [-0.3, -0.25) is 0 Å². The van der Waals surface area contributed by atoms with Gasteiger partial charge in [-0.1, -0.05) is 13.0 Å². The van der Waals surface area contributed by atoms with Crippen LogP contribution in [0.1, 0.15) is 23.2 Å². The SMILES string of the molecule is CCc1nc2cccc(C(=O)OC)n2n1. The van der Waals surface area contributed by atoms with Gasteiger partial charge in [0.25, 0.3) is 0 Å². The molecule has 0 amide bonds. The average Bonchev–Trinajstić information content (AvgIpc) is 2.70. The third kappa shape index (κ3) is 1.56. The van der Waals surface area contributed by atoms with Crippen molar-refractivity contribution in [2.45, 2.75) is 13.3 Å². The number of esters is 1. The summed E-state index contributed by atoms with van der Waals surface area (Å²) in [5.74, 6) is 0.305. The summed E-state index contributed by atoms with van der Waals surface area (Å²) in [5, 5.41) is 4.20. The monoisotopic (exact) mass is 205 g/mol. The molecule has 0 radical (unpaired) electrons. The lowest BCUT2D eigenvalue weighted by molar-refractivity contribution is 0.0591. The number of rotatable bonds is 2. The predicted octanol–water partition coefficient (Wildman–Crippen LogP) is 1.08. The largest absolute Gasteiger partial charge is 0.464 e. The quantitative estimate of drug-likeness (QED) is 0.688. The summed E-state index contributed by atoms with van der Waals surface area (Å²) in [6.45, 7) is 1.96. The standard InChI is InChI=1S/C10H11N3O2/c1-3-8-11-9-6-4-5-7(10(14)15-2)13(9)12-8/h4-6H,3H2,1-2H3. The van der Waals surface area contributed by atoms with Gasteiger partial charge < -0.3 is 4.74 Å². The summed E-state index contributed by atoms with van der Waals surface area (Å²) >= 11 is 0. The molecular weight excluding hydrogens is 194 g/mol. The van der Waals surface area contributed by atoms with Gasteiger partial charge in [0, 0.05) is 6.42 Å². The number of nitrogens with zero attached hydrogens (tertiary/aromatic N) is 3. The van der Waals surface area contributed by atoms with E-state index < -0.39 is 5.97 Å². The van der Waals surface area contributed by atoms with Crippen LogP contribution in [0.4, 0.5) is 0 Å². The number of hydrogen-bond acceptors (Lipinski definition) is 4.